The van der Waals surface area contributed by atoms with E-state index < -0.39 is 43.5 Å². The van der Waals surface area contributed by atoms with Crippen molar-refractivity contribution in [3.8, 4) is 0 Å². The standard InChI is InChI=1S/C19H35NO6Si/c1-17(2,3)25-16(23)20-13(11-14(21)24-8)12-19(7,15(20)22)26-27(9,10)18(4,5)6/h13H,11-12H2,1-10H3/t13-,19?/m1/s1. The molecule has 1 aliphatic heterocycles. The highest BCUT2D eigenvalue weighted by Gasteiger charge is 2.56. The second-order valence-corrected chi connectivity index (χ2v) is 14.6. The molecule has 0 aromatic carbocycles. The van der Waals surface area contributed by atoms with Crippen molar-refractivity contribution in [1.29, 1.82) is 0 Å². The second-order valence-electron chi connectivity index (χ2n) is 9.89. The lowest BCUT2D eigenvalue weighted by Gasteiger charge is -2.41. The summed E-state index contributed by atoms with van der Waals surface area (Å²) in [7, 11) is -1.01. The maximum atomic E-state index is 13.2. The fraction of sp³-hybridized carbons (Fsp3) is 0.842. The van der Waals surface area contributed by atoms with Gasteiger partial charge >= 0.3 is 12.1 Å². The van der Waals surface area contributed by atoms with Crippen molar-refractivity contribution in [2.45, 2.75) is 96.7 Å². The van der Waals surface area contributed by atoms with Crippen LogP contribution in [0.2, 0.25) is 18.1 Å². The minimum absolute atomic E-state index is 0.0854. The van der Waals surface area contributed by atoms with E-state index in [0.29, 0.717) is 0 Å². The van der Waals surface area contributed by atoms with E-state index in [4.69, 9.17) is 13.9 Å². The van der Waals surface area contributed by atoms with E-state index in [9.17, 15) is 14.4 Å². The quantitative estimate of drug-likeness (QED) is 0.525. The van der Waals surface area contributed by atoms with Gasteiger partial charge in [0, 0.05) is 6.42 Å². The normalized spacial score (nSPS) is 24.1. The Morgan fingerprint density at radius 1 is 1.19 bits per heavy atom. The first-order chi connectivity index (χ1) is 11.9. The van der Waals surface area contributed by atoms with E-state index in [1.54, 1.807) is 27.7 Å². The van der Waals surface area contributed by atoms with Gasteiger partial charge in [-0.1, -0.05) is 20.8 Å². The zero-order valence-corrected chi connectivity index (χ0v) is 19.4. The Morgan fingerprint density at radius 2 is 1.70 bits per heavy atom. The van der Waals surface area contributed by atoms with Crippen LogP contribution in [0.25, 0.3) is 0 Å². The molecule has 8 heteroatoms. The number of hydrogen-bond acceptors (Lipinski definition) is 6. The molecule has 0 bridgehead atoms. The minimum atomic E-state index is -2.29. The Balaban J connectivity index is 3.22. The van der Waals surface area contributed by atoms with Gasteiger partial charge in [-0.15, -0.1) is 0 Å². The molecule has 0 N–H and O–H groups in total. The largest absolute Gasteiger partial charge is 0.469 e. The van der Waals surface area contributed by atoms with Crippen molar-refractivity contribution >= 4 is 26.3 Å². The van der Waals surface area contributed by atoms with Crippen molar-refractivity contribution < 1.29 is 28.3 Å². The first kappa shape index (κ1) is 23.6. The lowest BCUT2D eigenvalue weighted by molar-refractivity contribution is -0.142. The van der Waals surface area contributed by atoms with Crippen LogP contribution in [-0.4, -0.2) is 55.5 Å². The highest BCUT2D eigenvalue weighted by Crippen LogP contribution is 2.43. The fourth-order valence-corrected chi connectivity index (χ4v) is 4.44. The number of likely N-dealkylation sites (tertiary alicyclic amines) is 1. The smallest absolute Gasteiger partial charge is 0.417 e. The number of carbonyl (C=O) groups excluding carboxylic acids is 3. The SMILES string of the molecule is COC(=O)C[C@@H]1CC(C)(O[Si](C)(C)C(C)(C)C)C(=O)N1C(=O)OC(C)(C)C. The number of esters is 1. The molecule has 0 aromatic rings. The highest BCUT2D eigenvalue weighted by atomic mass is 28.4. The Kier molecular flexibility index (Phi) is 6.60. The van der Waals surface area contributed by atoms with Gasteiger partial charge in [0.2, 0.25) is 0 Å². The molecule has 1 rings (SSSR count). The number of nitrogens with zero attached hydrogens (tertiary/aromatic N) is 1. The molecule has 27 heavy (non-hydrogen) atoms. The molecule has 0 radical (unpaired) electrons. The average molecular weight is 402 g/mol. The molecule has 0 aliphatic carbocycles. The summed E-state index contributed by atoms with van der Waals surface area (Å²) in [6.45, 7) is 17.2. The molecule has 156 valence electrons. The van der Waals surface area contributed by atoms with E-state index in [1.165, 1.54) is 7.11 Å². The number of imide groups is 1. The Morgan fingerprint density at radius 3 is 2.11 bits per heavy atom. The number of methoxy groups -OCH3 is 1. The first-order valence-corrected chi connectivity index (χ1v) is 12.2. The summed E-state index contributed by atoms with van der Waals surface area (Å²) in [5.41, 5.74) is -1.94. The van der Waals surface area contributed by atoms with Crippen LogP contribution in [0.5, 0.6) is 0 Å². The summed E-state index contributed by atoms with van der Waals surface area (Å²) in [6.07, 6.45) is -0.617. The lowest BCUT2D eigenvalue weighted by atomic mass is 10.0. The molecule has 1 aliphatic rings. The average Bonchev–Trinajstić information content (AvgIpc) is 2.65. The predicted octanol–water partition coefficient (Wildman–Crippen LogP) is 3.87. The summed E-state index contributed by atoms with van der Waals surface area (Å²) in [4.78, 5) is 38.8. The number of carbonyl (C=O) groups is 3. The van der Waals surface area contributed by atoms with E-state index in [0.717, 1.165) is 4.90 Å². The van der Waals surface area contributed by atoms with Crippen LogP contribution in [0, 0.1) is 0 Å². The van der Waals surface area contributed by atoms with Gasteiger partial charge in [0.05, 0.1) is 19.6 Å². The van der Waals surface area contributed by atoms with Crippen LogP contribution < -0.4 is 0 Å². The third-order valence-corrected chi connectivity index (χ3v) is 9.74. The summed E-state index contributed by atoms with van der Waals surface area (Å²) < 4.78 is 16.5. The Bertz CT molecular complexity index is 604. The number of rotatable bonds is 4. The van der Waals surface area contributed by atoms with Gasteiger partial charge in [-0.05, 0) is 45.8 Å². The van der Waals surface area contributed by atoms with Crippen molar-refractivity contribution in [3.05, 3.63) is 0 Å². The van der Waals surface area contributed by atoms with Gasteiger partial charge in [0.25, 0.3) is 5.91 Å². The maximum Gasteiger partial charge on any atom is 0.417 e. The predicted molar refractivity (Wildman–Crippen MR) is 105 cm³/mol. The van der Waals surface area contributed by atoms with Crippen LogP contribution in [0.15, 0.2) is 0 Å². The summed E-state index contributed by atoms with van der Waals surface area (Å²) in [5.74, 6) is -0.951. The van der Waals surface area contributed by atoms with Crippen LogP contribution in [-0.2, 0) is 23.5 Å². The molecule has 0 saturated carbocycles. The van der Waals surface area contributed by atoms with Crippen molar-refractivity contribution in [3.63, 3.8) is 0 Å². The van der Waals surface area contributed by atoms with Crippen LogP contribution >= 0.6 is 0 Å². The van der Waals surface area contributed by atoms with E-state index >= 15 is 0 Å². The molecule has 7 nitrogen and oxygen atoms in total. The van der Waals surface area contributed by atoms with Crippen LogP contribution in [0.4, 0.5) is 4.79 Å². The summed E-state index contributed by atoms with van der Waals surface area (Å²) in [5, 5.41) is -0.104. The third-order valence-electron chi connectivity index (χ3n) is 5.17. The van der Waals surface area contributed by atoms with Gasteiger partial charge in [0.15, 0.2) is 8.32 Å². The third kappa shape index (κ3) is 5.54. The molecule has 1 fully saturated rings. The van der Waals surface area contributed by atoms with E-state index in [-0.39, 0.29) is 17.9 Å². The van der Waals surface area contributed by atoms with Crippen molar-refractivity contribution in [2.75, 3.05) is 7.11 Å². The Labute approximate surface area is 163 Å². The fourth-order valence-electron chi connectivity index (χ4n) is 2.83. The maximum absolute atomic E-state index is 13.2. The van der Waals surface area contributed by atoms with Crippen molar-refractivity contribution in [1.82, 2.24) is 4.90 Å². The van der Waals surface area contributed by atoms with Gasteiger partial charge in [-0.3, -0.25) is 9.59 Å². The molecular formula is C19H35NO6Si. The molecule has 0 aromatic heterocycles. The molecule has 2 atom stereocenters. The van der Waals surface area contributed by atoms with Crippen LogP contribution in [0.1, 0.15) is 61.3 Å². The molecule has 1 saturated heterocycles. The van der Waals surface area contributed by atoms with E-state index in [2.05, 4.69) is 33.9 Å². The monoisotopic (exact) mass is 401 g/mol. The van der Waals surface area contributed by atoms with Gasteiger partial charge < -0.3 is 13.9 Å². The number of ether oxygens (including phenoxy) is 2. The van der Waals surface area contributed by atoms with E-state index in [1.807, 2.05) is 0 Å². The number of hydrogen-bond donors (Lipinski definition) is 0. The first-order valence-electron chi connectivity index (χ1n) is 9.27. The summed E-state index contributed by atoms with van der Waals surface area (Å²) >= 11 is 0. The van der Waals surface area contributed by atoms with Crippen LogP contribution in [0.3, 0.4) is 0 Å². The second kappa shape index (κ2) is 7.54. The minimum Gasteiger partial charge on any atom is -0.469 e. The number of amides is 2. The Hall–Kier alpha value is -1.41. The van der Waals surface area contributed by atoms with Gasteiger partial charge in [-0.25, -0.2) is 9.69 Å². The highest BCUT2D eigenvalue weighted by molar-refractivity contribution is 6.74. The lowest BCUT2D eigenvalue weighted by Crippen LogP contribution is -2.53. The zero-order chi connectivity index (χ0) is 21.4. The summed E-state index contributed by atoms with van der Waals surface area (Å²) in [6, 6.07) is -0.658. The molecular weight excluding hydrogens is 366 g/mol. The molecule has 1 unspecified atom stereocenters. The van der Waals surface area contributed by atoms with Gasteiger partial charge in [0.1, 0.15) is 11.2 Å². The molecule has 2 amide bonds. The van der Waals surface area contributed by atoms with Gasteiger partial charge in [-0.2, -0.15) is 0 Å². The molecule has 1 heterocycles. The topological polar surface area (TPSA) is 82.1 Å². The molecule has 0 spiro atoms. The van der Waals surface area contributed by atoms with Crippen molar-refractivity contribution in [2.24, 2.45) is 0 Å². The zero-order valence-electron chi connectivity index (χ0n) is 18.4.